The Morgan fingerprint density at radius 3 is 2.89 bits per heavy atom. The number of nitrogens with zero attached hydrogens (tertiary/aromatic N) is 2. The quantitative estimate of drug-likeness (QED) is 0.591. The van der Waals surface area contributed by atoms with E-state index in [2.05, 4.69) is 41.3 Å². The summed E-state index contributed by atoms with van der Waals surface area (Å²) < 4.78 is 0. The fourth-order valence-electron chi connectivity index (χ4n) is 2.75. The fourth-order valence-corrected chi connectivity index (χ4v) is 3.95. The second-order valence-electron chi connectivity index (χ2n) is 5.65. The van der Waals surface area contributed by atoms with Crippen molar-refractivity contribution in [1.29, 1.82) is 0 Å². The Labute approximate surface area is 121 Å². The van der Waals surface area contributed by atoms with Crippen LogP contribution in [0.2, 0.25) is 0 Å². The van der Waals surface area contributed by atoms with Crippen LogP contribution >= 0.6 is 11.8 Å². The Morgan fingerprint density at radius 1 is 1.37 bits per heavy atom. The van der Waals surface area contributed by atoms with E-state index in [9.17, 15) is 0 Å². The van der Waals surface area contributed by atoms with Crippen LogP contribution in [-0.4, -0.2) is 61.6 Å². The van der Waals surface area contributed by atoms with E-state index >= 15 is 0 Å². The molecule has 0 aliphatic carbocycles. The fraction of sp³-hybridized carbons (Fsp3) is 0.929. The number of thioether (sulfide) groups is 1. The van der Waals surface area contributed by atoms with Crippen LogP contribution in [0.1, 0.15) is 26.2 Å². The van der Waals surface area contributed by atoms with Gasteiger partial charge in [-0.1, -0.05) is 0 Å². The lowest BCUT2D eigenvalue weighted by molar-refractivity contribution is 0.397. The van der Waals surface area contributed by atoms with E-state index in [1.54, 1.807) is 0 Å². The van der Waals surface area contributed by atoms with Crippen LogP contribution < -0.4 is 10.6 Å². The Kier molecular flexibility index (Phi) is 6.31. The molecule has 5 heteroatoms. The molecule has 2 unspecified atom stereocenters. The Balaban J connectivity index is 1.73. The SMILES string of the molecule is CCNC(=NCC1CCN(C)C1)NCC1CCCS1. The summed E-state index contributed by atoms with van der Waals surface area (Å²) in [5.74, 6) is 3.07. The lowest BCUT2D eigenvalue weighted by Gasteiger charge is -2.15. The number of rotatable bonds is 5. The van der Waals surface area contributed by atoms with Crippen LogP contribution in [0.25, 0.3) is 0 Å². The molecular formula is C14H28N4S. The standard InChI is InChI=1S/C14H28N4S/c1-3-15-14(17-10-13-5-4-8-19-13)16-9-12-6-7-18(2)11-12/h12-13H,3-11H2,1-2H3,(H2,15,16,17). The van der Waals surface area contributed by atoms with E-state index in [0.717, 1.165) is 36.8 Å². The van der Waals surface area contributed by atoms with Gasteiger partial charge in [0.15, 0.2) is 5.96 Å². The second-order valence-corrected chi connectivity index (χ2v) is 7.06. The highest BCUT2D eigenvalue weighted by molar-refractivity contribution is 8.00. The molecule has 2 N–H and O–H groups in total. The second kappa shape index (κ2) is 8.00. The van der Waals surface area contributed by atoms with E-state index in [0.29, 0.717) is 0 Å². The van der Waals surface area contributed by atoms with Crippen LogP contribution in [0.5, 0.6) is 0 Å². The third-order valence-electron chi connectivity index (χ3n) is 3.86. The van der Waals surface area contributed by atoms with Gasteiger partial charge in [-0.3, -0.25) is 4.99 Å². The van der Waals surface area contributed by atoms with Crippen molar-refractivity contribution in [3.05, 3.63) is 0 Å². The van der Waals surface area contributed by atoms with Gasteiger partial charge in [0.25, 0.3) is 0 Å². The molecule has 110 valence electrons. The summed E-state index contributed by atoms with van der Waals surface area (Å²) in [5.41, 5.74) is 0. The molecule has 2 atom stereocenters. The molecule has 2 aliphatic heterocycles. The van der Waals surface area contributed by atoms with Gasteiger partial charge in [-0.25, -0.2) is 0 Å². The van der Waals surface area contributed by atoms with E-state index < -0.39 is 0 Å². The highest BCUT2D eigenvalue weighted by Crippen LogP contribution is 2.25. The molecule has 0 spiro atoms. The normalized spacial score (nSPS) is 28.8. The van der Waals surface area contributed by atoms with Crippen molar-refractivity contribution in [1.82, 2.24) is 15.5 Å². The minimum Gasteiger partial charge on any atom is -0.357 e. The van der Waals surface area contributed by atoms with Crippen molar-refractivity contribution in [2.45, 2.75) is 31.4 Å². The molecule has 19 heavy (non-hydrogen) atoms. The van der Waals surface area contributed by atoms with Gasteiger partial charge in [-0.2, -0.15) is 11.8 Å². The zero-order chi connectivity index (χ0) is 13.5. The predicted octanol–water partition coefficient (Wildman–Crippen LogP) is 1.39. The highest BCUT2D eigenvalue weighted by Gasteiger charge is 2.19. The topological polar surface area (TPSA) is 39.7 Å². The van der Waals surface area contributed by atoms with Crippen molar-refractivity contribution in [3.63, 3.8) is 0 Å². The number of likely N-dealkylation sites (tertiary alicyclic amines) is 1. The zero-order valence-electron chi connectivity index (χ0n) is 12.3. The maximum atomic E-state index is 4.75. The first kappa shape index (κ1) is 15.0. The monoisotopic (exact) mass is 284 g/mol. The highest BCUT2D eigenvalue weighted by atomic mass is 32.2. The summed E-state index contributed by atoms with van der Waals surface area (Å²) in [6.07, 6.45) is 4.02. The molecule has 0 amide bonds. The average Bonchev–Trinajstić information content (AvgIpc) is 3.04. The molecule has 0 saturated carbocycles. The van der Waals surface area contributed by atoms with Gasteiger partial charge in [-0.15, -0.1) is 0 Å². The molecule has 2 rings (SSSR count). The first-order chi connectivity index (χ1) is 9.28. The molecule has 4 nitrogen and oxygen atoms in total. The van der Waals surface area contributed by atoms with E-state index in [1.807, 2.05) is 0 Å². The summed E-state index contributed by atoms with van der Waals surface area (Å²) in [7, 11) is 2.20. The first-order valence-electron chi connectivity index (χ1n) is 7.60. The third-order valence-corrected chi connectivity index (χ3v) is 5.26. The third kappa shape index (κ3) is 5.22. The minimum absolute atomic E-state index is 0.737. The van der Waals surface area contributed by atoms with Gasteiger partial charge in [0.2, 0.25) is 0 Å². The molecule has 2 aliphatic rings. The molecule has 0 aromatic heterocycles. The van der Waals surface area contributed by atoms with Gasteiger partial charge in [0, 0.05) is 31.4 Å². The summed E-state index contributed by atoms with van der Waals surface area (Å²) in [6, 6.07) is 0. The number of aliphatic imine (C=N–C) groups is 1. The van der Waals surface area contributed by atoms with Gasteiger partial charge in [0.05, 0.1) is 0 Å². The van der Waals surface area contributed by atoms with Gasteiger partial charge in [-0.05, 0) is 51.4 Å². The van der Waals surface area contributed by atoms with Crippen LogP contribution in [0.15, 0.2) is 4.99 Å². The Bertz CT molecular complexity index is 289. The smallest absolute Gasteiger partial charge is 0.191 e. The lowest BCUT2D eigenvalue weighted by atomic mass is 10.1. The average molecular weight is 284 g/mol. The van der Waals surface area contributed by atoms with E-state index in [1.165, 1.54) is 38.1 Å². The number of guanidine groups is 1. The molecule has 0 bridgehead atoms. The maximum absolute atomic E-state index is 4.75. The van der Waals surface area contributed by atoms with E-state index in [-0.39, 0.29) is 0 Å². The van der Waals surface area contributed by atoms with Crippen molar-refractivity contribution in [3.8, 4) is 0 Å². The number of hydrogen-bond donors (Lipinski definition) is 2. The van der Waals surface area contributed by atoms with Gasteiger partial charge >= 0.3 is 0 Å². The van der Waals surface area contributed by atoms with Crippen molar-refractivity contribution >= 4 is 17.7 Å². The maximum Gasteiger partial charge on any atom is 0.191 e. The molecule has 0 radical (unpaired) electrons. The summed E-state index contributed by atoms with van der Waals surface area (Å²) in [6.45, 7) is 7.50. The molecular weight excluding hydrogens is 256 g/mol. The number of nitrogens with one attached hydrogen (secondary N) is 2. The molecule has 2 saturated heterocycles. The summed E-state index contributed by atoms with van der Waals surface area (Å²) in [4.78, 5) is 7.15. The summed E-state index contributed by atoms with van der Waals surface area (Å²) >= 11 is 2.09. The van der Waals surface area contributed by atoms with Crippen molar-refractivity contribution < 1.29 is 0 Å². The van der Waals surface area contributed by atoms with Gasteiger partial charge in [0.1, 0.15) is 0 Å². The molecule has 2 fully saturated rings. The molecule has 2 heterocycles. The van der Waals surface area contributed by atoms with Crippen molar-refractivity contribution in [2.75, 3.05) is 45.5 Å². The zero-order valence-corrected chi connectivity index (χ0v) is 13.1. The number of hydrogen-bond acceptors (Lipinski definition) is 3. The van der Waals surface area contributed by atoms with Gasteiger partial charge < -0.3 is 15.5 Å². The molecule has 0 aromatic carbocycles. The van der Waals surface area contributed by atoms with Crippen LogP contribution in [-0.2, 0) is 0 Å². The first-order valence-corrected chi connectivity index (χ1v) is 8.65. The summed E-state index contributed by atoms with van der Waals surface area (Å²) in [5, 5.41) is 7.64. The lowest BCUT2D eigenvalue weighted by Crippen LogP contribution is -2.40. The van der Waals surface area contributed by atoms with Crippen LogP contribution in [0.4, 0.5) is 0 Å². The Morgan fingerprint density at radius 2 is 2.26 bits per heavy atom. The van der Waals surface area contributed by atoms with Crippen LogP contribution in [0, 0.1) is 5.92 Å². The Hall–Kier alpha value is -0.420. The van der Waals surface area contributed by atoms with E-state index in [4.69, 9.17) is 4.99 Å². The van der Waals surface area contributed by atoms with Crippen molar-refractivity contribution in [2.24, 2.45) is 10.9 Å². The largest absolute Gasteiger partial charge is 0.357 e. The van der Waals surface area contributed by atoms with Crippen LogP contribution in [0.3, 0.4) is 0 Å². The minimum atomic E-state index is 0.737. The molecule has 0 aromatic rings. The predicted molar refractivity (Wildman–Crippen MR) is 85.1 cm³/mol.